The van der Waals surface area contributed by atoms with Crippen LogP contribution in [-0.4, -0.2) is 47.8 Å². The van der Waals surface area contributed by atoms with Crippen molar-refractivity contribution in [3.05, 3.63) is 28.0 Å². The van der Waals surface area contributed by atoms with Gasteiger partial charge in [0.1, 0.15) is 5.82 Å². The molecule has 1 aliphatic rings. The predicted octanol–water partition coefficient (Wildman–Crippen LogP) is 2.21. The van der Waals surface area contributed by atoms with Crippen LogP contribution in [0, 0.1) is 12.7 Å². The van der Waals surface area contributed by atoms with Gasteiger partial charge in [0.15, 0.2) is 6.04 Å². The number of hydrogen-bond acceptors (Lipinski definition) is 3. The maximum absolute atomic E-state index is 13.5. The molecule has 0 bridgehead atoms. The zero-order valence-electron chi connectivity index (χ0n) is 11.2. The van der Waals surface area contributed by atoms with E-state index in [1.165, 1.54) is 11.0 Å². The number of anilines is 1. The molecule has 2 rings (SSSR count). The van der Waals surface area contributed by atoms with E-state index in [1.807, 2.05) is 0 Å². The van der Waals surface area contributed by atoms with E-state index in [-0.39, 0.29) is 19.8 Å². The van der Waals surface area contributed by atoms with Crippen LogP contribution < -0.4 is 5.32 Å². The van der Waals surface area contributed by atoms with Crippen LogP contribution in [0.5, 0.6) is 0 Å². The van der Waals surface area contributed by atoms with Crippen LogP contribution in [0.1, 0.15) is 5.56 Å². The van der Waals surface area contributed by atoms with Crippen LogP contribution in [0.15, 0.2) is 16.6 Å². The van der Waals surface area contributed by atoms with Gasteiger partial charge in [0.05, 0.1) is 17.7 Å². The Morgan fingerprint density at radius 3 is 2.90 bits per heavy atom. The van der Waals surface area contributed by atoms with E-state index < -0.39 is 23.9 Å². The van der Waals surface area contributed by atoms with Gasteiger partial charge in [0.2, 0.25) is 0 Å². The van der Waals surface area contributed by atoms with E-state index in [0.717, 1.165) is 0 Å². The number of urea groups is 1. The van der Waals surface area contributed by atoms with Crippen LogP contribution in [0.2, 0.25) is 0 Å². The zero-order chi connectivity index (χ0) is 15.6. The Balaban J connectivity index is 2.17. The molecular weight excluding hydrogens is 347 g/mol. The molecule has 2 amide bonds. The number of carbonyl (C=O) groups is 2. The molecule has 6 nitrogen and oxygen atoms in total. The van der Waals surface area contributed by atoms with E-state index in [4.69, 9.17) is 9.84 Å². The van der Waals surface area contributed by atoms with Crippen LogP contribution in [0.3, 0.4) is 0 Å². The third-order valence-electron chi connectivity index (χ3n) is 3.18. The van der Waals surface area contributed by atoms with Crippen LogP contribution in [0.4, 0.5) is 14.9 Å². The largest absolute Gasteiger partial charge is 0.480 e. The summed E-state index contributed by atoms with van der Waals surface area (Å²) in [5.41, 5.74) is 0.966. The minimum absolute atomic E-state index is 0.0591. The van der Waals surface area contributed by atoms with E-state index in [9.17, 15) is 14.0 Å². The smallest absolute Gasteiger partial charge is 0.328 e. The summed E-state index contributed by atoms with van der Waals surface area (Å²) < 4.78 is 18.9. The van der Waals surface area contributed by atoms with Crippen molar-refractivity contribution < 1.29 is 23.8 Å². The maximum atomic E-state index is 13.5. The highest BCUT2D eigenvalue weighted by Gasteiger charge is 2.33. The number of hydrogen-bond donors (Lipinski definition) is 2. The average molecular weight is 361 g/mol. The molecule has 0 aromatic heterocycles. The van der Waals surface area contributed by atoms with Crippen LogP contribution >= 0.6 is 15.9 Å². The molecular formula is C13H14BrFN2O4. The second-order valence-electron chi connectivity index (χ2n) is 4.63. The van der Waals surface area contributed by atoms with Crippen molar-refractivity contribution in [3.8, 4) is 0 Å². The lowest BCUT2D eigenvalue weighted by molar-refractivity contribution is -0.147. The van der Waals surface area contributed by atoms with E-state index >= 15 is 0 Å². The number of benzene rings is 1. The highest BCUT2D eigenvalue weighted by Crippen LogP contribution is 2.24. The number of ether oxygens (including phenoxy) is 1. The number of aryl methyl sites for hydroxylation is 1. The predicted molar refractivity (Wildman–Crippen MR) is 76.8 cm³/mol. The van der Waals surface area contributed by atoms with Gasteiger partial charge >= 0.3 is 12.0 Å². The summed E-state index contributed by atoms with van der Waals surface area (Å²) in [6, 6.07) is 1.10. The monoisotopic (exact) mass is 360 g/mol. The third-order valence-corrected chi connectivity index (χ3v) is 3.79. The number of rotatable bonds is 2. The molecule has 1 fully saturated rings. The van der Waals surface area contributed by atoms with Crippen LogP contribution in [-0.2, 0) is 9.53 Å². The standard InChI is InChI=1S/C13H14BrFN2O4/c1-7-4-8(14)9(15)5-10(7)16-13(20)17-2-3-21-6-11(17)12(18)19/h4-5,11H,2-3,6H2,1H3,(H,16,20)(H,18,19). The summed E-state index contributed by atoms with van der Waals surface area (Å²) >= 11 is 3.06. The number of carboxylic acid groups (broad SMARTS) is 1. The normalized spacial score (nSPS) is 18.4. The van der Waals surface area contributed by atoms with Gasteiger partial charge in [-0.1, -0.05) is 0 Å². The lowest BCUT2D eigenvalue weighted by Gasteiger charge is -2.32. The van der Waals surface area contributed by atoms with Crippen molar-refractivity contribution >= 4 is 33.6 Å². The first-order valence-corrected chi connectivity index (χ1v) is 7.03. The summed E-state index contributed by atoms with van der Waals surface area (Å²) in [5, 5.41) is 11.6. The van der Waals surface area contributed by atoms with Crippen molar-refractivity contribution in [2.45, 2.75) is 13.0 Å². The molecule has 2 N–H and O–H groups in total. The molecule has 0 aliphatic carbocycles. The van der Waals surface area contributed by atoms with E-state index in [2.05, 4.69) is 21.2 Å². The molecule has 1 unspecified atom stereocenters. The molecule has 0 radical (unpaired) electrons. The topological polar surface area (TPSA) is 78.9 Å². The van der Waals surface area contributed by atoms with Crippen molar-refractivity contribution in [1.82, 2.24) is 4.90 Å². The molecule has 8 heteroatoms. The van der Waals surface area contributed by atoms with Gasteiger partial charge in [0, 0.05) is 12.2 Å². The first kappa shape index (κ1) is 15.7. The summed E-state index contributed by atoms with van der Waals surface area (Å²) in [6.45, 7) is 2.09. The average Bonchev–Trinajstić information content (AvgIpc) is 2.44. The molecule has 1 aromatic carbocycles. The van der Waals surface area contributed by atoms with E-state index in [1.54, 1.807) is 13.0 Å². The highest BCUT2D eigenvalue weighted by atomic mass is 79.9. The molecule has 1 aliphatic heterocycles. The number of nitrogens with one attached hydrogen (secondary N) is 1. The Morgan fingerprint density at radius 1 is 1.52 bits per heavy atom. The number of carboxylic acids is 1. The Labute approximate surface area is 129 Å². The second-order valence-corrected chi connectivity index (χ2v) is 5.49. The lowest BCUT2D eigenvalue weighted by atomic mass is 10.2. The third kappa shape index (κ3) is 3.51. The summed E-state index contributed by atoms with van der Waals surface area (Å²) in [4.78, 5) is 24.5. The molecule has 1 atom stereocenters. The summed E-state index contributed by atoms with van der Waals surface area (Å²) in [5.74, 6) is -1.64. The quantitative estimate of drug-likeness (QED) is 0.847. The van der Waals surface area contributed by atoms with Gasteiger partial charge in [-0.3, -0.25) is 0 Å². The minimum atomic E-state index is -1.14. The van der Waals surface area contributed by atoms with Gasteiger partial charge in [-0.15, -0.1) is 0 Å². The Kier molecular flexibility index (Phi) is 4.79. The Hall–Kier alpha value is -1.67. The summed E-state index contributed by atoms with van der Waals surface area (Å²) in [6.07, 6.45) is 0. The first-order chi connectivity index (χ1) is 9.90. The Morgan fingerprint density at radius 2 is 2.24 bits per heavy atom. The van der Waals surface area contributed by atoms with Gasteiger partial charge < -0.3 is 20.1 Å². The summed E-state index contributed by atoms with van der Waals surface area (Å²) in [7, 11) is 0. The minimum Gasteiger partial charge on any atom is -0.480 e. The van der Waals surface area contributed by atoms with Gasteiger partial charge in [-0.2, -0.15) is 0 Å². The molecule has 1 aromatic rings. The number of morpholine rings is 1. The van der Waals surface area contributed by atoms with Crippen molar-refractivity contribution in [1.29, 1.82) is 0 Å². The molecule has 0 saturated carbocycles. The van der Waals surface area contributed by atoms with Crippen molar-refractivity contribution in [3.63, 3.8) is 0 Å². The van der Waals surface area contributed by atoms with Crippen molar-refractivity contribution in [2.24, 2.45) is 0 Å². The van der Waals surface area contributed by atoms with Gasteiger partial charge in [-0.05, 0) is 40.5 Å². The number of aliphatic carboxylic acids is 1. The number of nitrogens with zero attached hydrogens (tertiary/aromatic N) is 1. The molecule has 114 valence electrons. The lowest BCUT2D eigenvalue weighted by Crippen LogP contribution is -2.54. The fourth-order valence-corrected chi connectivity index (χ4v) is 2.48. The number of halogens is 2. The molecule has 1 heterocycles. The number of carbonyl (C=O) groups excluding carboxylic acids is 1. The second kappa shape index (κ2) is 6.40. The maximum Gasteiger partial charge on any atom is 0.328 e. The highest BCUT2D eigenvalue weighted by molar-refractivity contribution is 9.10. The van der Waals surface area contributed by atoms with Crippen molar-refractivity contribution in [2.75, 3.05) is 25.1 Å². The fourth-order valence-electron chi connectivity index (χ4n) is 2.02. The molecule has 21 heavy (non-hydrogen) atoms. The SMILES string of the molecule is Cc1cc(Br)c(F)cc1NC(=O)N1CCOCC1C(=O)O. The zero-order valence-corrected chi connectivity index (χ0v) is 12.8. The molecule has 1 saturated heterocycles. The van der Waals surface area contributed by atoms with Crippen LogP contribution in [0.25, 0.3) is 0 Å². The molecule has 0 spiro atoms. The van der Waals surface area contributed by atoms with E-state index in [0.29, 0.717) is 15.7 Å². The van der Waals surface area contributed by atoms with Gasteiger partial charge in [-0.25, -0.2) is 14.0 Å². The first-order valence-electron chi connectivity index (χ1n) is 6.24. The van der Waals surface area contributed by atoms with Gasteiger partial charge in [0.25, 0.3) is 0 Å². The fraction of sp³-hybridized carbons (Fsp3) is 0.385. The Bertz CT molecular complexity index is 582. The number of amides is 2.